The average Bonchev–Trinajstić information content (AvgIpc) is 3.60. The van der Waals surface area contributed by atoms with Gasteiger partial charge in [0.15, 0.2) is 5.13 Å². The van der Waals surface area contributed by atoms with Crippen molar-refractivity contribution in [2.24, 2.45) is 0 Å². The largest absolute Gasteiger partial charge is 0.285 e. The van der Waals surface area contributed by atoms with Gasteiger partial charge in [0.1, 0.15) is 10.3 Å². The van der Waals surface area contributed by atoms with Gasteiger partial charge in [-0.1, -0.05) is 35.1 Å². The van der Waals surface area contributed by atoms with Gasteiger partial charge < -0.3 is 0 Å². The fourth-order valence-corrected chi connectivity index (χ4v) is 8.64. The Morgan fingerprint density at radius 2 is 2.00 bits per heavy atom. The molecule has 5 rings (SSSR count). The zero-order chi connectivity index (χ0) is 24.7. The molecule has 8 nitrogen and oxygen atoms in total. The highest BCUT2D eigenvalue weighted by atomic mass is 35.5. The summed E-state index contributed by atoms with van der Waals surface area (Å²) >= 11 is 8.43. The molecule has 0 spiro atoms. The summed E-state index contributed by atoms with van der Waals surface area (Å²) in [6.45, 7) is 5.00. The van der Waals surface area contributed by atoms with E-state index in [4.69, 9.17) is 16.6 Å². The van der Waals surface area contributed by atoms with Crippen LogP contribution in [-0.4, -0.2) is 52.5 Å². The predicted molar refractivity (Wildman–Crippen MR) is 140 cm³/mol. The van der Waals surface area contributed by atoms with E-state index >= 15 is 0 Å². The summed E-state index contributed by atoms with van der Waals surface area (Å²) in [5, 5.41) is 5.07. The molecule has 1 atom stereocenters. The molecule has 1 amide bonds. The second-order valence-corrected chi connectivity index (χ2v) is 13.3. The number of carbonyl (C=O) groups excluding carboxylic acids is 1. The minimum atomic E-state index is -3.84. The molecule has 3 aromatic heterocycles. The van der Waals surface area contributed by atoms with Crippen molar-refractivity contribution in [2.75, 3.05) is 18.0 Å². The van der Waals surface area contributed by atoms with Crippen LogP contribution < -0.4 is 4.90 Å². The molecule has 1 aromatic carbocycles. The molecule has 1 aliphatic heterocycles. The number of anilines is 1. The van der Waals surface area contributed by atoms with Crippen molar-refractivity contribution in [1.29, 1.82) is 0 Å². The average molecular weight is 550 g/mol. The summed E-state index contributed by atoms with van der Waals surface area (Å²) in [6, 6.07) is 12.0. The number of aromatic nitrogens is 3. The Morgan fingerprint density at radius 3 is 2.69 bits per heavy atom. The fraction of sp³-hybridized carbons (Fsp3) is 0.348. The number of rotatable bonds is 7. The molecule has 0 N–H and O–H groups in total. The molecule has 4 heterocycles. The molecule has 12 heteroatoms. The Kier molecular flexibility index (Phi) is 6.71. The number of hydrogen-bond donors (Lipinski definition) is 0. The molecule has 1 saturated heterocycles. The molecule has 1 fully saturated rings. The highest BCUT2D eigenvalue weighted by Crippen LogP contribution is 2.35. The van der Waals surface area contributed by atoms with Crippen molar-refractivity contribution in [3.8, 4) is 0 Å². The number of carbonyl (C=O) groups is 1. The van der Waals surface area contributed by atoms with Crippen LogP contribution in [0.3, 0.4) is 0 Å². The third-order valence-electron chi connectivity index (χ3n) is 6.02. The number of hydrogen-bond acceptors (Lipinski definition) is 7. The summed E-state index contributed by atoms with van der Waals surface area (Å²) in [5.41, 5.74) is 2.71. The number of aryl methyl sites for hydroxylation is 2. The summed E-state index contributed by atoms with van der Waals surface area (Å²) in [7, 11) is -3.84. The number of fused-ring (bicyclic) bond motifs is 1. The quantitative estimate of drug-likeness (QED) is 0.333. The summed E-state index contributed by atoms with van der Waals surface area (Å²) < 4.78 is 31.4. The van der Waals surface area contributed by atoms with Crippen molar-refractivity contribution in [3.63, 3.8) is 0 Å². The van der Waals surface area contributed by atoms with E-state index in [-0.39, 0.29) is 10.1 Å². The smallest absolute Gasteiger partial charge is 0.253 e. The van der Waals surface area contributed by atoms with Crippen LogP contribution in [0.5, 0.6) is 0 Å². The van der Waals surface area contributed by atoms with E-state index in [1.165, 1.54) is 21.7 Å². The summed E-state index contributed by atoms with van der Waals surface area (Å²) in [4.78, 5) is 20.3. The molecule has 184 valence electrons. The fourth-order valence-electron chi connectivity index (χ4n) is 4.38. The van der Waals surface area contributed by atoms with E-state index in [0.717, 1.165) is 32.9 Å². The first kappa shape index (κ1) is 24.4. The predicted octanol–water partition coefficient (Wildman–Crippen LogP) is 4.71. The van der Waals surface area contributed by atoms with Crippen molar-refractivity contribution in [3.05, 3.63) is 58.2 Å². The third-order valence-corrected chi connectivity index (χ3v) is 10.7. The Labute approximate surface area is 216 Å². The van der Waals surface area contributed by atoms with Gasteiger partial charge in [-0.3, -0.25) is 14.4 Å². The number of amides is 1. The Bertz CT molecular complexity index is 1460. The first-order chi connectivity index (χ1) is 16.7. The van der Waals surface area contributed by atoms with Gasteiger partial charge in [0.2, 0.25) is 5.91 Å². The van der Waals surface area contributed by atoms with E-state index < -0.39 is 16.1 Å². The number of thiazole rings is 1. The first-order valence-corrected chi connectivity index (χ1v) is 14.6. The van der Waals surface area contributed by atoms with Crippen molar-refractivity contribution in [2.45, 2.75) is 43.5 Å². The first-order valence-electron chi connectivity index (χ1n) is 11.2. The van der Waals surface area contributed by atoms with Crippen LogP contribution in [0.25, 0.3) is 10.2 Å². The number of benzene rings is 1. The normalized spacial score (nSPS) is 16.8. The van der Waals surface area contributed by atoms with Gasteiger partial charge in [-0.2, -0.15) is 9.40 Å². The van der Waals surface area contributed by atoms with E-state index in [9.17, 15) is 13.2 Å². The van der Waals surface area contributed by atoms with Gasteiger partial charge >= 0.3 is 0 Å². The Morgan fingerprint density at radius 1 is 1.20 bits per heavy atom. The molecule has 4 aromatic rings. The van der Waals surface area contributed by atoms with E-state index in [1.54, 1.807) is 11.0 Å². The van der Waals surface area contributed by atoms with Crippen LogP contribution in [0.4, 0.5) is 5.13 Å². The third kappa shape index (κ3) is 4.75. The van der Waals surface area contributed by atoms with Gasteiger partial charge in [-0.25, -0.2) is 13.4 Å². The Hall–Kier alpha value is -2.31. The second-order valence-electron chi connectivity index (χ2n) is 8.44. The number of halogens is 1. The van der Waals surface area contributed by atoms with Gasteiger partial charge in [0, 0.05) is 18.8 Å². The van der Waals surface area contributed by atoms with Crippen LogP contribution in [0.2, 0.25) is 4.34 Å². The maximum absolute atomic E-state index is 14.0. The van der Waals surface area contributed by atoms with E-state index in [2.05, 4.69) is 5.10 Å². The summed E-state index contributed by atoms with van der Waals surface area (Å²) in [6.07, 6.45) is 1.07. The summed E-state index contributed by atoms with van der Waals surface area (Å²) in [5.74, 6) is -0.269. The maximum atomic E-state index is 14.0. The highest BCUT2D eigenvalue weighted by molar-refractivity contribution is 7.91. The standard InChI is InChI=1S/C23H24ClN5O3S3/c1-15-14-16(2)28(26-15)13-12-27(23-25-17-6-3-4-8-19(17)33-23)22(30)18-7-5-11-29(18)35(31,32)21-10-9-20(24)34-21/h3-4,6,8-10,14,18H,5,7,11-13H2,1-2H3. The Balaban J connectivity index is 1.48. The lowest BCUT2D eigenvalue weighted by Crippen LogP contribution is -2.48. The van der Waals surface area contributed by atoms with Crippen LogP contribution in [0.1, 0.15) is 24.2 Å². The molecule has 1 aliphatic rings. The van der Waals surface area contributed by atoms with Crippen molar-refractivity contribution < 1.29 is 13.2 Å². The molecule has 0 radical (unpaired) electrons. The zero-order valence-electron chi connectivity index (χ0n) is 19.2. The lowest BCUT2D eigenvalue weighted by molar-refractivity contribution is -0.121. The zero-order valence-corrected chi connectivity index (χ0v) is 22.4. The SMILES string of the molecule is Cc1cc(C)n(CCN(C(=O)C2CCCN2S(=O)(=O)c2ccc(Cl)s2)c2nc3ccccc3s2)n1. The van der Waals surface area contributed by atoms with Crippen LogP contribution in [-0.2, 0) is 21.4 Å². The van der Waals surface area contributed by atoms with E-state index in [1.807, 2.05) is 48.9 Å². The van der Waals surface area contributed by atoms with Crippen molar-refractivity contribution in [1.82, 2.24) is 19.1 Å². The molecule has 0 aliphatic carbocycles. The van der Waals surface area contributed by atoms with Crippen molar-refractivity contribution >= 4 is 65.6 Å². The van der Waals surface area contributed by atoms with Crippen LogP contribution >= 0.6 is 34.3 Å². The van der Waals surface area contributed by atoms with Crippen LogP contribution in [0, 0.1) is 13.8 Å². The van der Waals surface area contributed by atoms with Crippen LogP contribution in [0.15, 0.2) is 46.7 Å². The number of thiophene rings is 1. The molecule has 0 saturated carbocycles. The highest BCUT2D eigenvalue weighted by Gasteiger charge is 2.42. The van der Waals surface area contributed by atoms with Gasteiger partial charge in [-0.15, -0.1) is 11.3 Å². The lowest BCUT2D eigenvalue weighted by atomic mass is 10.2. The van der Waals surface area contributed by atoms with Gasteiger partial charge in [0.25, 0.3) is 10.0 Å². The van der Waals surface area contributed by atoms with Gasteiger partial charge in [-0.05, 0) is 57.0 Å². The monoisotopic (exact) mass is 549 g/mol. The van der Waals surface area contributed by atoms with E-state index in [0.29, 0.717) is 41.9 Å². The molecular formula is C23H24ClN5O3S3. The minimum Gasteiger partial charge on any atom is -0.285 e. The molecule has 1 unspecified atom stereocenters. The molecule has 0 bridgehead atoms. The number of sulfonamides is 1. The lowest BCUT2D eigenvalue weighted by Gasteiger charge is -2.28. The molecular weight excluding hydrogens is 526 g/mol. The van der Waals surface area contributed by atoms with Gasteiger partial charge in [0.05, 0.1) is 26.8 Å². The second kappa shape index (κ2) is 9.62. The topological polar surface area (TPSA) is 88.4 Å². The number of nitrogens with zero attached hydrogens (tertiary/aromatic N) is 5. The number of para-hydroxylation sites is 1. The maximum Gasteiger partial charge on any atom is 0.253 e. The molecule has 35 heavy (non-hydrogen) atoms. The minimum absolute atomic E-state index is 0.149.